The molecule has 17 heavy (non-hydrogen) atoms. The first-order valence-corrected chi connectivity index (χ1v) is 5.97. The summed E-state index contributed by atoms with van der Waals surface area (Å²) in [5.74, 6) is 0. The Hall–Kier alpha value is -0.900. The molecule has 1 atom stereocenters. The highest BCUT2D eigenvalue weighted by Gasteiger charge is 2.27. The lowest BCUT2D eigenvalue weighted by Gasteiger charge is -2.29. The van der Waals surface area contributed by atoms with Crippen LogP contribution in [0, 0.1) is 5.41 Å². The van der Waals surface area contributed by atoms with E-state index in [9.17, 15) is 5.11 Å². The summed E-state index contributed by atoms with van der Waals surface area (Å²) >= 11 is 0. The molecular formula is C14H22O3. The molecule has 0 fully saturated rings. The second-order valence-electron chi connectivity index (χ2n) is 5.00. The van der Waals surface area contributed by atoms with Gasteiger partial charge in [-0.2, -0.15) is 0 Å². The van der Waals surface area contributed by atoms with E-state index in [-0.39, 0.29) is 12.0 Å². The molecule has 1 rings (SSSR count). The van der Waals surface area contributed by atoms with Gasteiger partial charge in [-0.1, -0.05) is 44.2 Å². The first-order chi connectivity index (χ1) is 8.06. The van der Waals surface area contributed by atoms with Gasteiger partial charge in [-0.25, -0.2) is 0 Å². The Morgan fingerprint density at radius 1 is 1.24 bits per heavy atom. The number of hydrogen-bond acceptors (Lipinski definition) is 3. The van der Waals surface area contributed by atoms with Crippen LogP contribution in [-0.2, 0) is 11.3 Å². The van der Waals surface area contributed by atoms with Gasteiger partial charge in [0.25, 0.3) is 0 Å². The van der Waals surface area contributed by atoms with Gasteiger partial charge in [-0.3, -0.25) is 0 Å². The van der Waals surface area contributed by atoms with Crippen molar-refractivity contribution in [1.29, 1.82) is 0 Å². The quantitative estimate of drug-likeness (QED) is 0.763. The molecule has 0 saturated heterocycles. The molecule has 0 bridgehead atoms. The van der Waals surface area contributed by atoms with Crippen LogP contribution in [0.2, 0.25) is 0 Å². The van der Waals surface area contributed by atoms with Gasteiger partial charge < -0.3 is 14.9 Å². The maximum atomic E-state index is 9.83. The van der Waals surface area contributed by atoms with Gasteiger partial charge in [0.15, 0.2) is 0 Å². The molecule has 0 aliphatic heterocycles. The van der Waals surface area contributed by atoms with Crippen LogP contribution in [-0.4, -0.2) is 29.5 Å². The topological polar surface area (TPSA) is 49.7 Å². The molecule has 3 heteroatoms. The normalized spacial score (nSPS) is 13.6. The predicted molar refractivity (Wildman–Crippen MR) is 67.6 cm³/mol. The minimum Gasteiger partial charge on any atom is -0.396 e. The molecule has 0 unspecified atom stereocenters. The zero-order valence-electron chi connectivity index (χ0n) is 10.6. The summed E-state index contributed by atoms with van der Waals surface area (Å²) in [6, 6.07) is 9.95. The van der Waals surface area contributed by atoms with Crippen molar-refractivity contribution in [3.05, 3.63) is 35.9 Å². The van der Waals surface area contributed by atoms with Crippen molar-refractivity contribution in [1.82, 2.24) is 0 Å². The fourth-order valence-electron chi connectivity index (χ4n) is 1.62. The largest absolute Gasteiger partial charge is 0.396 e. The van der Waals surface area contributed by atoms with Crippen LogP contribution >= 0.6 is 0 Å². The summed E-state index contributed by atoms with van der Waals surface area (Å²) in [7, 11) is 0. The second kappa shape index (κ2) is 6.74. The molecule has 0 aliphatic rings. The van der Waals surface area contributed by atoms with E-state index in [0.29, 0.717) is 19.6 Å². The number of aliphatic hydroxyl groups excluding tert-OH is 2. The first kappa shape index (κ1) is 14.2. The molecule has 0 aliphatic carbocycles. The molecule has 0 heterocycles. The average molecular weight is 238 g/mol. The first-order valence-electron chi connectivity index (χ1n) is 5.97. The lowest BCUT2D eigenvalue weighted by molar-refractivity contribution is -0.0377. The molecule has 3 nitrogen and oxygen atoms in total. The Balaban J connectivity index is 2.35. The molecule has 0 spiro atoms. The van der Waals surface area contributed by atoms with Gasteiger partial charge in [-0.15, -0.1) is 0 Å². The molecule has 1 aromatic rings. The van der Waals surface area contributed by atoms with Crippen LogP contribution in [0.4, 0.5) is 0 Å². The fourth-order valence-corrected chi connectivity index (χ4v) is 1.62. The Morgan fingerprint density at radius 3 is 2.47 bits per heavy atom. The zero-order valence-corrected chi connectivity index (χ0v) is 10.6. The standard InChI is InChI=1S/C14H22O3/c1-14(2,13(16)8-9-15)11-17-10-12-6-4-3-5-7-12/h3-7,13,15-16H,8-11H2,1-2H3/t13-/m0/s1. The molecule has 2 N–H and O–H groups in total. The van der Waals surface area contributed by atoms with Gasteiger partial charge in [-0.05, 0) is 12.0 Å². The summed E-state index contributed by atoms with van der Waals surface area (Å²) in [5, 5.41) is 18.6. The van der Waals surface area contributed by atoms with Crippen molar-refractivity contribution >= 4 is 0 Å². The summed E-state index contributed by atoms with van der Waals surface area (Å²) in [4.78, 5) is 0. The number of benzene rings is 1. The molecule has 0 radical (unpaired) electrons. The predicted octanol–water partition coefficient (Wildman–Crippen LogP) is 1.97. The van der Waals surface area contributed by atoms with Gasteiger partial charge >= 0.3 is 0 Å². The van der Waals surface area contributed by atoms with Crippen LogP contribution in [0.1, 0.15) is 25.8 Å². The third kappa shape index (κ3) is 4.86. The van der Waals surface area contributed by atoms with Crippen molar-refractivity contribution in [2.45, 2.75) is 33.0 Å². The van der Waals surface area contributed by atoms with Crippen LogP contribution in [0.3, 0.4) is 0 Å². The highest BCUT2D eigenvalue weighted by atomic mass is 16.5. The van der Waals surface area contributed by atoms with Crippen molar-refractivity contribution in [3.63, 3.8) is 0 Å². The van der Waals surface area contributed by atoms with E-state index in [1.165, 1.54) is 0 Å². The van der Waals surface area contributed by atoms with Gasteiger partial charge in [0.2, 0.25) is 0 Å². The van der Waals surface area contributed by atoms with Crippen LogP contribution in [0.25, 0.3) is 0 Å². The van der Waals surface area contributed by atoms with E-state index >= 15 is 0 Å². The molecular weight excluding hydrogens is 216 g/mol. The number of aliphatic hydroxyl groups is 2. The van der Waals surface area contributed by atoms with E-state index in [2.05, 4.69) is 0 Å². The minimum absolute atomic E-state index is 0.00326. The van der Waals surface area contributed by atoms with Crippen LogP contribution < -0.4 is 0 Å². The van der Waals surface area contributed by atoms with Crippen molar-refractivity contribution in [2.75, 3.05) is 13.2 Å². The molecule has 96 valence electrons. The summed E-state index contributed by atoms with van der Waals surface area (Å²) in [6.45, 7) is 4.92. The summed E-state index contributed by atoms with van der Waals surface area (Å²) in [6.07, 6.45) is -0.148. The van der Waals surface area contributed by atoms with E-state index in [1.807, 2.05) is 44.2 Å². The lowest BCUT2D eigenvalue weighted by Crippen LogP contribution is -2.34. The number of ether oxygens (including phenoxy) is 1. The van der Waals surface area contributed by atoms with Crippen LogP contribution in [0.5, 0.6) is 0 Å². The monoisotopic (exact) mass is 238 g/mol. The maximum Gasteiger partial charge on any atom is 0.0717 e. The highest BCUT2D eigenvalue weighted by Crippen LogP contribution is 2.23. The van der Waals surface area contributed by atoms with Gasteiger partial charge in [0, 0.05) is 12.0 Å². The average Bonchev–Trinajstić information content (AvgIpc) is 2.30. The van der Waals surface area contributed by atoms with Crippen molar-refractivity contribution < 1.29 is 14.9 Å². The van der Waals surface area contributed by atoms with E-state index < -0.39 is 6.10 Å². The smallest absolute Gasteiger partial charge is 0.0717 e. The summed E-state index contributed by atoms with van der Waals surface area (Å²) < 4.78 is 5.61. The Bertz CT molecular complexity index is 309. The summed E-state index contributed by atoms with van der Waals surface area (Å²) in [5.41, 5.74) is 0.789. The Morgan fingerprint density at radius 2 is 1.88 bits per heavy atom. The molecule has 1 aromatic carbocycles. The third-order valence-electron chi connectivity index (χ3n) is 2.89. The van der Waals surface area contributed by atoms with E-state index in [0.717, 1.165) is 5.56 Å². The van der Waals surface area contributed by atoms with E-state index in [4.69, 9.17) is 9.84 Å². The van der Waals surface area contributed by atoms with Crippen molar-refractivity contribution in [3.8, 4) is 0 Å². The second-order valence-corrected chi connectivity index (χ2v) is 5.00. The highest BCUT2D eigenvalue weighted by molar-refractivity contribution is 5.13. The number of rotatable bonds is 7. The van der Waals surface area contributed by atoms with Crippen molar-refractivity contribution in [2.24, 2.45) is 5.41 Å². The molecule has 0 amide bonds. The Labute approximate surface area is 103 Å². The van der Waals surface area contributed by atoms with Gasteiger partial charge in [0.1, 0.15) is 0 Å². The molecule has 0 aromatic heterocycles. The fraction of sp³-hybridized carbons (Fsp3) is 0.571. The lowest BCUT2D eigenvalue weighted by atomic mass is 9.86. The number of hydrogen-bond donors (Lipinski definition) is 2. The SMILES string of the molecule is CC(C)(COCc1ccccc1)[C@@H](O)CCO. The zero-order chi connectivity index (χ0) is 12.7. The molecule has 0 saturated carbocycles. The maximum absolute atomic E-state index is 9.83. The minimum atomic E-state index is -0.539. The van der Waals surface area contributed by atoms with Gasteiger partial charge in [0.05, 0.1) is 19.3 Å². The Kier molecular flexibility index (Phi) is 5.62. The van der Waals surface area contributed by atoms with E-state index in [1.54, 1.807) is 0 Å². The van der Waals surface area contributed by atoms with Crippen LogP contribution in [0.15, 0.2) is 30.3 Å². The third-order valence-corrected chi connectivity index (χ3v) is 2.89.